The second kappa shape index (κ2) is 8.09. The number of rotatable bonds is 7. The maximum absolute atomic E-state index is 13.2. The number of aryl methyl sites for hydroxylation is 4. The molecule has 4 rings (SSSR count). The van der Waals surface area contributed by atoms with Crippen molar-refractivity contribution in [1.29, 1.82) is 0 Å². The quantitative estimate of drug-likeness (QED) is 0.428. The first-order valence-electron chi connectivity index (χ1n) is 10.6. The van der Waals surface area contributed by atoms with Gasteiger partial charge in [0.1, 0.15) is 17.1 Å². The molecule has 4 heterocycles. The lowest BCUT2D eigenvalue weighted by Gasteiger charge is -2.21. The van der Waals surface area contributed by atoms with Crippen molar-refractivity contribution < 1.29 is 18.8 Å². The summed E-state index contributed by atoms with van der Waals surface area (Å²) in [6.07, 6.45) is 0.885. The normalized spacial score (nSPS) is 18.5. The van der Waals surface area contributed by atoms with E-state index in [1.807, 2.05) is 26.0 Å². The maximum Gasteiger partial charge on any atom is 0.325 e. The lowest BCUT2D eigenvalue weighted by Crippen LogP contribution is -2.41. The van der Waals surface area contributed by atoms with E-state index in [1.54, 1.807) is 38.2 Å². The summed E-state index contributed by atoms with van der Waals surface area (Å²) in [5.41, 5.74) is 1.72. The van der Waals surface area contributed by atoms with Crippen LogP contribution in [0.2, 0.25) is 0 Å². The fourth-order valence-electron chi connectivity index (χ4n) is 4.48. The smallest absolute Gasteiger partial charge is 0.325 e. The zero-order chi connectivity index (χ0) is 23.2. The predicted octanol–water partition coefficient (Wildman–Crippen LogP) is 4.27. The molecular weight excluding hydrogens is 426 g/mol. The van der Waals surface area contributed by atoms with Crippen LogP contribution >= 0.6 is 11.3 Å². The highest BCUT2D eigenvalue weighted by Crippen LogP contribution is 2.33. The molecule has 3 aromatic heterocycles. The van der Waals surface area contributed by atoms with Gasteiger partial charge in [-0.2, -0.15) is 0 Å². The van der Waals surface area contributed by atoms with Gasteiger partial charge in [-0.15, -0.1) is 11.3 Å². The number of amides is 3. The summed E-state index contributed by atoms with van der Waals surface area (Å²) in [7, 11) is 0. The zero-order valence-electron chi connectivity index (χ0n) is 18.9. The number of ketones is 1. The predicted molar refractivity (Wildman–Crippen MR) is 122 cm³/mol. The van der Waals surface area contributed by atoms with Gasteiger partial charge in [-0.05, 0) is 64.6 Å². The molecule has 1 unspecified atom stereocenters. The van der Waals surface area contributed by atoms with Crippen molar-refractivity contribution in [3.05, 3.63) is 68.6 Å². The van der Waals surface area contributed by atoms with E-state index >= 15 is 0 Å². The van der Waals surface area contributed by atoms with Crippen molar-refractivity contribution >= 4 is 29.1 Å². The minimum Gasteiger partial charge on any atom is -0.466 e. The first-order chi connectivity index (χ1) is 15.1. The van der Waals surface area contributed by atoms with Crippen LogP contribution in [0.4, 0.5) is 4.79 Å². The monoisotopic (exact) mass is 453 g/mol. The Bertz CT molecular complexity index is 1200. The Labute approximate surface area is 191 Å². The number of Topliss-reactive ketones (excluding diaryl/α,β-unsaturated/α-hetero) is 1. The SMILES string of the molecule is Cc1cc(C2(C)NC(=O)N(CC(=O)c3cc(C)n(CCc4cccs4)c3C)C2=O)c(C)o1. The van der Waals surface area contributed by atoms with Gasteiger partial charge < -0.3 is 14.3 Å². The Morgan fingerprint density at radius 2 is 1.94 bits per heavy atom. The van der Waals surface area contributed by atoms with Crippen LogP contribution in [0.1, 0.15) is 50.6 Å². The summed E-state index contributed by atoms with van der Waals surface area (Å²) in [6, 6.07) is 7.15. The summed E-state index contributed by atoms with van der Waals surface area (Å²) in [4.78, 5) is 41.3. The fraction of sp³-hybridized carbons (Fsp3) is 0.375. The molecule has 0 radical (unpaired) electrons. The van der Waals surface area contributed by atoms with E-state index in [-0.39, 0.29) is 12.3 Å². The van der Waals surface area contributed by atoms with Gasteiger partial charge in [-0.1, -0.05) is 6.07 Å². The van der Waals surface area contributed by atoms with Crippen LogP contribution in [0.3, 0.4) is 0 Å². The summed E-state index contributed by atoms with van der Waals surface area (Å²) in [5, 5.41) is 4.80. The number of hydrogen-bond acceptors (Lipinski definition) is 5. The number of carbonyl (C=O) groups excluding carboxylic acids is 3. The third-order valence-corrected chi connectivity index (χ3v) is 7.13. The number of urea groups is 1. The molecule has 7 nitrogen and oxygen atoms in total. The van der Waals surface area contributed by atoms with Crippen LogP contribution in [-0.4, -0.2) is 33.7 Å². The third-order valence-electron chi connectivity index (χ3n) is 6.19. The van der Waals surface area contributed by atoms with E-state index in [0.29, 0.717) is 22.6 Å². The maximum atomic E-state index is 13.2. The lowest BCUT2D eigenvalue weighted by atomic mass is 9.92. The number of hydrogen-bond donors (Lipinski definition) is 1. The second-order valence-electron chi connectivity index (χ2n) is 8.46. The van der Waals surface area contributed by atoms with Crippen molar-refractivity contribution in [2.45, 2.75) is 53.1 Å². The molecule has 8 heteroatoms. The number of thiophene rings is 1. The molecule has 1 aliphatic heterocycles. The van der Waals surface area contributed by atoms with Gasteiger partial charge in [0.15, 0.2) is 5.78 Å². The molecule has 1 N–H and O–H groups in total. The summed E-state index contributed by atoms with van der Waals surface area (Å²) < 4.78 is 7.66. The third kappa shape index (κ3) is 3.68. The average Bonchev–Trinajstić information content (AvgIpc) is 3.47. The highest BCUT2D eigenvalue weighted by atomic mass is 32.1. The van der Waals surface area contributed by atoms with E-state index in [0.717, 1.165) is 29.3 Å². The molecule has 0 spiro atoms. The largest absolute Gasteiger partial charge is 0.466 e. The van der Waals surface area contributed by atoms with E-state index < -0.39 is 17.5 Å². The average molecular weight is 454 g/mol. The molecule has 1 aliphatic rings. The Morgan fingerprint density at radius 3 is 2.56 bits per heavy atom. The van der Waals surface area contributed by atoms with Crippen molar-refractivity contribution in [3.8, 4) is 0 Å². The van der Waals surface area contributed by atoms with Gasteiger partial charge >= 0.3 is 6.03 Å². The van der Waals surface area contributed by atoms with Gasteiger partial charge in [0.2, 0.25) is 0 Å². The molecular formula is C24H27N3O4S. The van der Waals surface area contributed by atoms with Crippen LogP contribution in [0.15, 0.2) is 34.1 Å². The van der Waals surface area contributed by atoms with Crippen LogP contribution in [0.25, 0.3) is 0 Å². The van der Waals surface area contributed by atoms with E-state index in [4.69, 9.17) is 4.42 Å². The van der Waals surface area contributed by atoms with Gasteiger partial charge in [0.25, 0.3) is 5.91 Å². The number of nitrogens with zero attached hydrogens (tertiary/aromatic N) is 2. The number of aromatic nitrogens is 1. The molecule has 1 atom stereocenters. The highest BCUT2D eigenvalue weighted by molar-refractivity contribution is 7.09. The molecule has 3 amide bonds. The molecule has 32 heavy (non-hydrogen) atoms. The Kier molecular flexibility index (Phi) is 5.58. The van der Waals surface area contributed by atoms with Crippen LogP contribution < -0.4 is 5.32 Å². The Balaban J connectivity index is 1.53. The molecule has 0 aromatic carbocycles. The van der Waals surface area contributed by atoms with Crippen LogP contribution in [0, 0.1) is 27.7 Å². The van der Waals surface area contributed by atoms with E-state index in [9.17, 15) is 14.4 Å². The number of furan rings is 1. The zero-order valence-corrected chi connectivity index (χ0v) is 19.8. The summed E-state index contributed by atoms with van der Waals surface area (Å²) >= 11 is 1.71. The minimum atomic E-state index is -1.25. The number of nitrogens with one attached hydrogen (secondary N) is 1. The molecule has 0 saturated carbocycles. The standard InChI is InChI=1S/C24H27N3O4S/c1-14-11-19(16(3)26(14)9-8-18-7-6-10-32-18)21(28)13-27-22(29)24(5,25-23(27)30)20-12-15(2)31-17(20)4/h6-7,10-12H,8-9,13H2,1-5H3,(H,25,30). The van der Waals surface area contributed by atoms with Crippen LogP contribution in [-0.2, 0) is 23.3 Å². The Hall–Kier alpha value is -3.13. The molecule has 168 valence electrons. The number of imide groups is 1. The highest BCUT2D eigenvalue weighted by Gasteiger charge is 2.51. The number of carbonyl (C=O) groups is 3. The first-order valence-corrected chi connectivity index (χ1v) is 11.4. The Morgan fingerprint density at radius 1 is 1.19 bits per heavy atom. The first kappa shape index (κ1) is 22.1. The van der Waals surface area contributed by atoms with Gasteiger partial charge in [0, 0.05) is 33.9 Å². The molecule has 1 fully saturated rings. The van der Waals surface area contributed by atoms with Crippen molar-refractivity contribution in [1.82, 2.24) is 14.8 Å². The molecule has 0 aliphatic carbocycles. The van der Waals surface area contributed by atoms with E-state index in [2.05, 4.69) is 21.3 Å². The van der Waals surface area contributed by atoms with Gasteiger partial charge in [0.05, 0.1) is 6.54 Å². The van der Waals surface area contributed by atoms with Crippen molar-refractivity contribution in [2.24, 2.45) is 0 Å². The summed E-state index contributed by atoms with van der Waals surface area (Å²) in [6.45, 7) is 9.53. The molecule has 0 bridgehead atoms. The lowest BCUT2D eigenvalue weighted by molar-refractivity contribution is -0.130. The summed E-state index contributed by atoms with van der Waals surface area (Å²) in [5.74, 6) is 0.519. The van der Waals surface area contributed by atoms with Crippen LogP contribution in [0.5, 0.6) is 0 Å². The van der Waals surface area contributed by atoms with Crippen molar-refractivity contribution in [3.63, 3.8) is 0 Å². The second-order valence-corrected chi connectivity index (χ2v) is 9.49. The van der Waals surface area contributed by atoms with Crippen molar-refractivity contribution in [2.75, 3.05) is 6.54 Å². The van der Waals surface area contributed by atoms with Gasteiger partial charge in [-0.3, -0.25) is 14.5 Å². The topological polar surface area (TPSA) is 84.5 Å². The minimum absolute atomic E-state index is 0.256. The van der Waals surface area contributed by atoms with Gasteiger partial charge in [-0.25, -0.2) is 4.79 Å². The molecule has 1 saturated heterocycles. The fourth-order valence-corrected chi connectivity index (χ4v) is 5.18. The molecule has 3 aromatic rings. The van der Waals surface area contributed by atoms with E-state index in [1.165, 1.54) is 4.88 Å².